The van der Waals surface area contributed by atoms with Crippen LogP contribution in [-0.2, 0) is 6.42 Å². The van der Waals surface area contributed by atoms with Crippen molar-refractivity contribution in [3.8, 4) is 5.82 Å². The fourth-order valence-electron chi connectivity index (χ4n) is 3.39. The maximum Gasteiger partial charge on any atom is 0.255 e. The molecule has 4 aromatic rings. The van der Waals surface area contributed by atoms with Gasteiger partial charge in [-0.05, 0) is 43.7 Å². The lowest BCUT2D eigenvalue weighted by Crippen LogP contribution is -2.14. The molecular formula is C24H26N8O2. The summed E-state index contributed by atoms with van der Waals surface area (Å²) >= 11 is 0. The minimum atomic E-state index is -0.530. The number of aliphatic hydroxyl groups is 1. The molecule has 1 amide bonds. The maximum atomic E-state index is 12.8. The zero-order chi connectivity index (χ0) is 24.1. The van der Waals surface area contributed by atoms with E-state index >= 15 is 0 Å². The van der Waals surface area contributed by atoms with Crippen molar-refractivity contribution >= 4 is 28.9 Å². The Bertz CT molecular complexity index is 1300. The molecule has 1 aromatic carbocycles. The van der Waals surface area contributed by atoms with Gasteiger partial charge in [0.15, 0.2) is 5.82 Å². The van der Waals surface area contributed by atoms with Crippen molar-refractivity contribution in [1.82, 2.24) is 24.7 Å². The summed E-state index contributed by atoms with van der Waals surface area (Å²) < 4.78 is 1.67. The van der Waals surface area contributed by atoms with Crippen LogP contribution in [-0.4, -0.2) is 48.9 Å². The zero-order valence-electron chi connectivity index (χ0n) is 19.1. The largest absolute Gasteiger partial charge is 0.393 e. The van der Waals surface area contributed by atoms with E-state index in [1.807, 2.05) is 31.2 Å². The number of hydrogen-bond acceptors (Lipinski definition) is 8. The number of amides is 1. The average Bonchev–Trinajstić information content (AvgIpc) is 3.29. The Morgan fingerprint density at radius 2 is 1.94 bits per heavy atom. The SMILES string of the molecule is CNc1cc(-n2nccc2Nc2cc(NC(=O)c3ccnc(CC(C)O)c3)ccc2C)ncn1. The minimum absolute atomic E-state index is 0.255. The first-order valence-corrected chi connectivity index (χ1v) is 10.8. The Kier molecular flexibility index (Phi) is 6.79. The molecule has 10 heteroatoms. The van der Waals surface area contributed by atoms with Gasteiger partial charge in [0.05, 0.1) is 12.3 Å². The number of anilines is 4. The highest BCUT2D eigenvalue weighted by atomic mass is 16.3. The molecule has 1 atom stereocenters. The van der Waals surface area contributed by atoms with E-state index in [1.54, 1.807) is 49.2 Å². The van der Waals surface area contributed by atoms with Crippen molar-refractivity contribution in [1.29, 1.82) is 0 Å². The van der Waals surface area contributed by atoms with Crippen LogP contribution in [0.2, 0.25) is 0 Å². The summed E-state index contributed by atoms with van der Waals surface area (Å²) in [5.74, 6) is 1.75. The first kappa shape index (κ1) is 22.9. The number of rotatable bonds is 8. The van der Waals surface area contributed by atoms with E-state index in [1.165, 1.54) is 6.33 Å². The molecule has 1 unspecified atom stereocenters. The number of carbonyl (C=O) groups excluding carboxylic acids is 1. The first-order valence-electron chi connectivity index (χ1n) is 10.8. The monoisotopic (exact) mass is 458 g/mol. The fraction of sp³-hybridized carbons (Fsp3) is 0.208. The van der Waals surface area contributed by atoms with E-state index in [0.29, 0.717) is 40.8 Å². The van der Waals surface area contributed by atoms with Crippen molar-refractivity contribution in [2.75, 3.05) is 23.0 Å². The smallest absolute Gasteiger partial charge is 0.255 e. The number of hydrogen-bond donors (Lipinski definition) is 4. The van der Waals surface area contributed by atoms with E-state index in [2.05, 4.69) is 36.0 Å². The molecule has 4 rings (SSSR count). The van der Waals surface area contributed by atoms with Gasteiger partial charge < -0.3 is 21.1 Å². The second-order valence-electron chi connectivity index (χ2n) is 7.84. The average molecular weight is 459 g/mol. The van der Waals surface area contributed by atoms with Crippen molar-refractivity contribution in [3.63, 3.8) is 0 Å². The second kappa shape index (κ2) is 10.1. The number of benzene rings is 1. The third-order valence-corrected chi connectivity index (χ3v) is 5.11. The molecule has 0 bridgehead atoms. The lowest BCUT2D eigenvalue weighted by Gasteiger charge is -2.14. The van der Waals surface area contributed by atoms with Gasteiger partial charge in [-0.1, -0.05) is 6.07 Å². The molecule has 0 saturated carbocycles. The summed E-state index contributed by atoms with van der Waals surface area (Å²) in [6, 6.07) is 12.6. The molecular weight excluding hydrogens is 432 g/mol. The summed E-state index contributed by atoms with van der Waals surface area (Å²) in [6.45, 7) is 3.66. The van der Waals surface area contributed by atoms with Crippen LogP contribution in [0.25, 0.3) is 5.82 Å². The molecule has 0 aliphatic rings. The summed E-state index contributed by atoms with van der Waals surface area (Å²) in [5.41, 5.74) is 3.58. The van der Waals surface area contributed by atoms with Crippen molar-refractivity contribution in [2.45, 2.75) is 26.4 Å². The molecule has 4 N–H and O–H groups in total. The van der Waals surface area contributed by atoms with Crippen molar-refractivity contribution in [2.24, 2.45) is 0 Å². The Balaban J connectivity index is 1.54. The molecule has 10 nitrogen and oxygen atoms in total. The first-order chi connectivity index (χ1) is 16.4. The summed E-state index contributed by atoms with van der Waals surface area (Å²) in [6.07, 6.45) is 4.58. The minimum Gasteiger partial charge on any atom is -0.393 e. The van der Waals surface area contributed by atoms with Crippen LogP contribution in [0.4, 0.5) is 23.0 Å². The third kappa shape index (κ3) is 5.36. The van der Waals surface area contributed by atoms with Crippen LogP contribution in [0.3, 0.4) is 0 Å². The Hall–Kier alpha value is -4.31. The number of pyridine rings is 1. The van der Waals surface area contributed by atoms with Gasteiger partial charge >= 0.3 is 0 Å². The van der Waals surface area contributed by atoms with E-state index in [9.17, 15) is 9.90 Å². The number of aryl methyl sites for hydroxylation is 1. The fourth-order valence-corrected chi connectivity index (χ4v) is 3.39. The highest BCUT2D eigenvalue weighted by Crippen LogP contribution is 2.26. The normalized spacial score (nSPS) is 11.6. The molecule has 3 aromatic heterocycles. The van der Waals surface area contributed by atoms with Crippen LogP contribution < -0.4 is 16.0 Å². The van der Waals surface area contributed by atoms with Gasteiger partial charge in [-0.15, -0.1) is 0 Å². The quantitative estimate of drug-likeness (QED) is 0.316. The number of aromatic nitrogens is 5. The van der Waals surface area contributed by atoms with E-state index < -0.39 is 6.10 Å². The van der Waals surface area contributed by atoms with Gasteiger partial charge in [0, 0.05) is 54.4 Å². The Labute approximate surface area is 197 Å². The standard InChI is InChI=1S/C24H26N8O2/c1-15-4-5-18(30-24(34)17-6-8-26-19(11-17)10-16(2)33)12-20(15)31-22-7-9-29-32(22)23-13-21(25-3)27-14-28-23/h4-9,11-14,16,31,33H,10H2,1-3H3,(H,30,34)(H,25,27,28). The lowest BCUT2D eigenvalue weighted by molar-refractivity contribution is 0.102. The molecule has 0 radical (unpaired) electrons. The second-order valence-corrected chi connectivity index (χ2v) is 7.84. The molecule has 0 saturated heterocycles. The maximum absolute atomic E-state index is 12.8. The predicted octanol–water partition coefficient (Wildman–Crippen LogP) is 3.33. The summed E-state index contributed by atoms with van der Waals surface area (Å²) in [5, 5.41) is 23.2. The van der Waals surface area contributed by atoms with Crippen molar-refractivity contribution in [3.05, 3.63) is 78.0 Å². The predicted molar refractivity (Wildman–Crippen MR) is 131 cm³/mol. The third-order valence-electron chi connectivity index (χ3n) is 5.11. The number of aliphatic hydroxyl groups excluding tert-OH is 1. The van der Waals surface area contributed by atoms with Crippen LogP contribution in [0.5, 0.6) is 0 Å². The molecule has 0 aliphatic carbocycles. The zero-order valence-corrected chi connectivity index (χ0v) is 19.1. The van der Waals surface area contributed by atoms with Crippen molar-refractivity contribution < 1.29 is 9.90 Å². The van der Waals surface area contributed by atoms with Crippen LogP contribution in [0.15, 0.2) is 61.2 Å². The summed E-state index contributed by atoms with van der Waals surface area (Å²) in [4.78, 5) is 25.5. The van der Waals surface area contributed by atoms with Gasteiger partial charge in [-0.25, -0.2) is 9.97 Å². The van der Waals surface area contributed by atoms with Gasteiger partial charge in [0.2, 0.25) is 0 Å². The van der Waals surface area contributed by atoms with Gasteiger partial charge in [0.1, 0.15) is 18.0 Å². The molecule has 174 valence electrons. The number of nitrogens with zero attached hydrogens (tertiary/aromatic N) is 5. The van der Waals surface area contributed by atoms with E-state index in [4.69, 9.17) is 0 Å². The molecule has 0 aliphatic heterocycles. The Morgan fingerprint density at radius 1 is 1.09 bits per heavy atom. The molecule has 0 spiro atoms. The van der Waals surface area contributed by atoms with Gasteiger partial charge in [-0.2, -0.15) is 9.78 Å². The Morgan fingerprint density at radius 3 is 2.74 bits per heavy atom. The molecule has 34 heavy (non-hydrogen) atoms. The van der Waals surface area contributed by atoms with Crippen LogP contribution >= 0.6 is 0 Å². The van der Waals surface area contributed by atoms with Crippen LogP contribution in [0.1, 0.15) is 28.5 Å². The van der Waals surface area contributed by atoms with Gasteiger partial charge in [0.25, 0.3) is 5.91 Å². The molecule has 0 fully saturated rings. The van der Waals surface area contributed by atoms with Crippen LogP contribution in [0, 0.1) is 6.92 Å². The summed E-state index contributed by atoms with van der Waals surface area (Å²) in [7, 11) is 1.79. The van der Waals surface area contributed by atoms with Gasteiger partial charge in [-0.3, -0.25) is 9.78 Å². The van der Waals surface area contributed by atoms with E-state index in [0.717, 1.165) is 11.3 Å². The van der Waals surface area contributed by atoms with E-state index in [-0.39, 0.29) is 5.91 Å². The number of nitrogens with one attached hydrogen (secondary N) is 3. The highest BCUT2D eigenvalue weighted by Gasteiger charge is 2.12. The lowest BCUT2D eigenvalue weighted by atomic mass is 10.1. The highest BCUT2D eigenvalue weighted by molar-refractivity contribution is 6.04. The topological polar surface area (TPSA) is 130 Å². The number of carbonyl (C=O) groups is 1. The molecule has 3 heterocycles.